The molecule has 1 aliphatic heterocycles. The van der Waals surface area contributed by atoms with E-state index in [1.165, 1.54) is 8.61 Å². The van der Waals surface area contributed by atoms with Gasteiger partial charge in [0.25, 0.3) is 10.2 Å². The number of aliphatic carboxylic acids is 1. The van der Waals surface area contributed by atoms with Crippen LogP contribution in [0.5, 0.6) is 0 Å². The Hall–Kier alpha value is -0.660. The zero-order valence-electron chi connectivity index (χ0n) is 10.3. The molecule has 1 rings (SSSR count). The van der Waals surface area contributed by atoms with Crippen LogP contribution in [0.1, 0.15) is 33.1 Å². The van der Waals surface area contributed by atoms with Gasteiger partial charge >= 0.3 is 5.97 Å². The number of hydrogen-bond donors (Lipinski definition) is 1. The summed E-state index contributed by atoms with van der Waals surface area (Å²) in [6.45, 7) is 4.81. The van der Waals surface area contributed by atoms with E-state index in [0.29, 0.717) is 26.1 Å². The van der Waals surface area contributed by atoms with Gasteiger partial charge in [0, 0.05) is 25.7 Å². The minimum absolute atomic E-state index is 0.111. The summed E-state index contributed by atoms with van der Waals surface area (Å²) in [5.41, 5.74) is 0. The molecule has 6 nitrogen and oxygen atoms in total. The molecule has 0 spiro atoms. The van der Waals surface area contributed by atoms with Crippen LogP contribution in [0.15, 0.2) is 0 Å². The van der Waals surface area contributed by atoms with E-state index in [2.05, 4.69) is 0 Å². The van der Waals surface area contributed by atoms with Crippen LogP contribution >= 0.6 is 0 Å². The predicted molar refractivity (Wildman–Crippen MR) is 63.8 cm³/mol. The highest BCUT2D eigenvalue weighted by Crippen LogP contribution is 2.25. The van der Waals surface area contributed by atoms with Crippen LogP contribution in [0, 0.1) is 0 Å². The Balaban J connectivity index is 2.86. The molecule has 1 unspecified atom stereocenters. The lowest BCUT2D eigenvalue weighted by Crippen LogP contribution is -2.46. The van der Waals surface area contributed by atoms with Gasteiger partial charge in [0.05, 0.1) is 6.42 Å². The highest BCUT2D eigenvalue weighted by molar-refractivity contribution is 7.86. The number of carboxylic acids is 1. The van der Waals surface area contributed by atoms with Crippen molar-refractivity contribution >= 4 is 16.2 Å². The lowest BCUT2D eigenvalue weighted by atomic mass is 10.2. The summed E-state index contributed by atoms with van der Waals surface area (Å²) >= 11 is 0. The van der Waals surface area contributed by atoms with E-state index in [-0.39, 0.29) is 6.42 Å². The van der Waals surface area contributed by atoms with Gasteiger partial charge in [-0.3, -0.25) is 4.79 Å². The number of carbonyl (C=O) groups is 1. The smallest absolute Gasteiger partial charge is 0.304 e. The summed E-state index contributed by atoms with van der Waals surface area (Å²) in [4.78, 5) is 10.7. The molecule has 100 valence electrons. The molecule has 1 heterocycles. The summed E-state index contributed by atoms with van der Waals surface area (Å²) in [5.74, 6) is -0.948. The van der Waals surface area contributed by atoms with Gasteiger partial charge in [-0.2, -0.15) is 17.0 Å². The van der Waals surface area contributed by atoms with Crippen LogP contribution in [0.25, 0.3) is 0 Å². The molecule has 1 aliphatic rings. The van der Waals surface area contributed by atoms with Crippen LogP contribution in [0.3, 0.4) is 0 Å². The monoisotopic (exact) mass is 264 g/mol. The second kappa shape index (κ2) is 5.79. The molecule has 17 heavy (non-hydrogen) atoms. The summed E-state index contributed by atoms with van der Waals surface area (Å²) in [6.07, 6.45) is 1.26. The van der Waals surface area contributed by atoms with Crippen molar-refractivity contribution in [2.75, 3.05) is 19.6 Å². The van der Waals surface area contributed by atoms with E-state index < -0.39 is 22.2 Å². The molecule has 0 aromatic rings. The first kappa shape index (κ1) is 14.4. The Labute approximate surface area is 102 Å². The third kappa shape index (κ3) is 3.17. The average molecular weight is 264 g/mol. The zero-order valence-corrected chi connectivity index (χ0v) is 11.1. The number of nitrogens with zero attached hydrogens (tertiary/aromatic N) is 2. The first-order valence-electron chi connectivity index (χ1n) is 5.92. The minimum Gasteiger partial charge on any atom is -0.481 e. The number of carboxylic acid groups (broad SMARTS) is 1. The zero-order chi connectivity index (χ0) is 13.1. The molecule has 7 heteroatoms. The van der Waals surface area contributed by atoms with Crippen molar-refractivity contribution in [2.24, 2.45) is 0 Å². The minimum atomic E-state index is -3.49. The first-order chi connectivity index (χ1) is 7.93. The van der Waals surface area contributed by atoms with Crippen molar-refractivity contribution in [2.45, 2.75) is 39.2 Å². The SMILES string of the molecule is CCN(CC)S(=O)(=O)N1CCCC1CC(=O)O. The standard InChI is InChI=1S/C10H20N2O4S/c1-3-11(4-2)17(15,16)12-7-5-6-9(12)8-10(13)14/h9H,3-8H2,1-2H3,(H,13,14). The maximum Gasteiger partial charge on any atom is 0.304 e. The van der Waals surface area contributed by atoms with Gasteiger partial charge in [-0.25, -0.2) is 0 Å². The summed E-state index contributed by atoms with van der Waals surface area (Å²) in [6, 6.07) is -0.391. The molecule has 0 radical (unpaired) electrons. The van der Waals surface area contributed by atoms with E-state index in [9.17, 15) is 13.2 Å². The average Bonchev–Trinajstić information content (AvgIpc) is 2.66. The van der Waals surface area contributed by atoms with E-state index in [1.807, 2.05) is 0 Å². The molecule has 0 saturated carbocycles. The lowest BCUT2D eigenvalue weighted by Gasteiger charge is -2.29. The van der Waals surface area contributed by atoms with Gasteiger partial charge in [0.2, 0.25) is 0 Å². The molecule has 0 aromatic carbocycles. The van der Waals surface area contributed by atoms with E-state index >= 15 is 0 Å². The fourth-order valence-corrected chi connectivity index (χ4v) is 4.08. The summed E-state index contributed by atoms with van der Waals surface area (Å²) in [5, 5.41) is 8.78. The first-order valence-corrected chi connectivity index (χ1v) is 7.31. The molecule has 0 bridgehead atoms. The topological polar surface area (TPSA) is 77.9 Å². The van der Waals surface area contributed by atoms with Crippen molar-refractivity contribution in [3.05, 3.63) is 0 Å². The van der Waals surface area contributed by atoms with Crippen LogP contribution in [-0.2, 0) is 15.0 Å². The Morgan fingerprint density at radius 2 is 2.00 bits per heavy atom. The third-order valence-corrected chi connectivity index (χ3v) is 5.30. The van der Waals surface area contributed by atoms with Crippen LogP contribution in [0.2, 0.25) is 0 Å². The van der Waals surface area contributed by atoms with Gasteiger partial charge in [0.1, 0.15) is 0 Å². The molecule has 0 aromatic heterocycles. The quantitative estimate of drug-likeness (QED) is 0.758. The Bertz CT molecular complexity index is 365. The van der Waals surface area contributed by atoms with E-state index in [4.69, 9.17) is 5.11 Å². The van der Waals surface area contributed by atoms with E-state index in [1.54, 1.807) is 13.8 Å². The molecule has 1 saturated heterocycles. The maximum absolute atomic E-state index is 12.2. The van der Waals surface area contributed by atoms with Gasteiger partial charge in [0.15, 0.2) is 0 Å². The fourth-order valence-electron chi connectivity index (χ4n) is 2.22. The van der Waals surface area contributed by atoms with Gasteiger partial charge in [-0.05, 0) is 12.8 Å². The molecular formula is C10H20N2O4S. The predicted octanol–water partition coefficient (Wildman–Crippen LogP) is 0.512. The Morgan fingerprint density at radius 1 is 1.41 bits per heavy atom. The molecule has 0 aliphatic carbocycles. The fraction of sp³-hybridized carbons (Fsp3) is 0.900. The van der Waals surface area contributed by atoms with Gasteiger partial charge in [-0.15, -0.1) is 0 Å². The van der Waals surface area contributed by atoms with Crippen LogP contribution in [0.4, 0.5) is 0 Å². The van der Waals surface area contributed by atoms with E-state index in [0.717, 1.165) is 6.42 Å². The van der Waals surface area contributed by atoms with Crippen molar-refractivity contribution < 1.29 is 18.3 Å². The lowest BCUT2D eigenvalue weighted by molar-refractivity contribution is -0.137. The maximum atomic E-state index is 12.2. The van der Waals surface area contributed by atoms with Gasteiger partial charge < -0.3 is 5.11 Å². The second-order valence-corrected chi connectivity index (χ2v) is 5.98. The molecule has 1 N–H and O–H groups in total. The molecule has 0 amide bonds. The van der Waals surface area contributed by atoms with Crippen LogP contribution in [-0.4, -0.2) is 53.8 Å². The summed E-state index contributed by atoms with van der Waals surface area (Å²) < 4.78 is 27.2. The largest absolute Gasteiger partial charge is 0.481 e. The number of hydrogen-bond acceptors (Lipinski definition) is 3. The molecule has 1 atom stereocenters. The van der Waals surface area contributed by atoms with Crippen molar-refractivity contribution in [3.8, 4) is 0 Å². The highest BCUT2D eigenvalue weighted by atomic mass is 32.2. The summed E-state index contributed by atoms with van der Waals surface area (Å²) in [7, 11) is -3.49. The highest BCUT2D eigenvalue weighted by Gasteiger charge is 2.37. The molecule has 1 fully saturated rings. The number of rotatable bonds is 6. The van der Waals surface area contributed by atoms with Crippen molar-refractivity contribution in [3.63, 3.8) is 0 Å². The van der Waals surface area contributed by atoms with Crippen LogP contribution < -0.4 is 0 Å². The Kier molecular flexibility index (Phi) is 4.91. The Morgan fingerprint density at radius 3 is 2.47 bits per heavy atom. The second-order valence-electron chi connectivity index (χ2n) is 4.10. The molecular weight excluding hydrogens is 244 g/mol. The third-order valence-electron chi connectivity index (χ3n) is 3.06. The van der Waals surface area contributed by atoms with Crippen molar-refractivity contribution in [1.29, 1.82) is 0 Å². The van der Waals surface area contributed by atoms with Crippen molar-refractivity contribution in [1.82, 2.24) is 8.61 Å². The van der Waals surface area contributed by atoms with Gasteiger partial charge in [-0.1, -0.05) is 13.8 Å². The normalized spacial score (nSPS) is 22.2.